The molecular formula is C18H14N2O2. The number of hydrogen-bond acceptors (Lipinski definition) is 3. The van der Waals surface area contributed by atoms with Crippen LogP contribution in [0.15, 0.2) is 30.6 Å². The molecule has 0 aliphatic carbocycles. The number of H-pyrrole nitrogens is 1. The molecule has 0 atom stereocenters. The summed E-state index contributed by atoms with van der Waals surface area (Å²) in [6.07, 6.45) is 3.79. The molecule has 4 heteroatoms. The summed E-state index contributed by atoms with van der Waals surface area (Å²) in [5.74, 6) is 1.62. The lowest BCUT2D eigenvalue weighted by molar-refractivity contribution is 0.174. The van der Waals surface area contributed by atoms with Gasteiger partial charge in [0.2, 0.25) is 6.79 Å². The highest BCUT2D eigenvalue weighted by molar-refractivity contribution is 6.16. The van der Waals surface area contributed by atoms with Crippen molar-refractivity contribution in [2.24, 2.45) is 0 Å². The van der Waals surface area contributed by atoms with E-state index in [0.717, 1.165) is 17.0 Å². The van der Waals surface area contributed by atoms with Gasteiger partial charge in [-0.05, 0) is 42.5 Å². The van der Waals surface area contributed by atoms with Gasteiger partial charge in [-0.15, -0.1) is 0 Å². The van der Waals surface area contributed by atoms with Crippen LogP contribution in [-0.2, 0) is 0 Å². The van der Waals surface area contributed by atoms with Crippen LogP contribution in [0.3, 0.4) is 0 Å². The van der Waals surface area contributed by atoms with Crippen LogP contribution in [0.2, 0.25) is 0 Å². The highest BCUT2D eigenvalue weighted by Crippen LogP contribution is 2.41. The molecule has 0 spiro atoms. The Morgan fingerprint density at radius 2 is 1.82 bits per heavy atom. The molecule has 1 aliphatic heterocycles. The van der Waals surface area contributed by atoms with Gasteiger partial charge in [0.05, 0.1) is 11.0 Å². The Morgan fingerprint density at radius 3 is 2.68 bits per heavy atom. The molecule has 4 aromatic rings. The summed E-state index contributed by atoms with van der Waals surface area (Å²) in [4.78, 5) is 7.84. The molecule has 1 N–H and O–H groups in total. The van der Waals surface area contributed by atoms with Crippen molar-refractivity contribution in [3.63, 3.8) is 0 Å². The second-order valence-corrected chi connectivity index (χ2v) is 5.80. The van der Waals surface area contributed by atoms with E-state index in [1.165, 1.54) is 38.2 Å². The van der Waals surface area contributed by atoms with E-state index in [2.05, 4.69) is 35.9 Å². The predicted octanol–water partition coefficient (Wildman–Crippen LogP) is 4.21. The monoisotopic (exact) mass is 290 g/mol. The van der Waals surface area contributed by atoms with Gasteiger partial charge >= 0.3 is 0 Å². The third-order valence-corrected chi connectivity index (χ3v) is 4.67. The van der Waals surface area contributed by atoms with E-state index in [0.29, 0.717) is 6.79 Å². The maximum absolute atomic E-state index is 5.53. The number of benzene rings is 2. The molecule has 0 saturated carbocycles. The lowest BCUT2D eigenvalue weighted by Crippen LogP contribution is -1.92. The van der Waals surface area contributed by atoms with Gasteiger partial charge in [0.15, 0.2) is 11.5 Å². The number of pyridine rings is 1. The van der Waals surface area contributed by atoms with E-state index < -0.39 is 0 Å². The first-order chi connectivity index (χ1) is 10.7. The van der Waals surface area contributed by atoms with Gasteiger partial charge in [-0.25, -0.2) is 0 Å². The second kappa shape index (κ2) is 3.91. The molecule has 0 bridgehead atoms. The Hall–Kier alpha value is -2.75. The highest BCUT2D eigenvalue weighted by Gasteiger charge is 2.19. The molecule has 0 fully saturated rings. The molecule has 108 valence electrons. The van der Waals surface area contributed by atoms with E-state index in [-0.39, 0.29) is 0 Å². The minimum atomic E-state index is 0.296. The molecule has 0 radical (unpaired) electrons. The summed E-state index contributed by atoms with van der Waals surface area (Å²) < 4.78 is 11.0. The van der Waals surface area contributed by atoms with Gasteiger partial charge in [0.1, 0.15) is 0 Å². The Morgan fingerprint density at radius 1 is 1.00 bits per heavy atom. The van der Waals surface area contributed by atoms with Gasteiger partial charge in [-0.3, -0.25) is 4.98 Å². The molecule has 22 heavy (non-hydrogen) atoms. The summed E-state index contributed by atoms with van der Waals surface area (Å²) in [6, 6.07) is 6.18. The van der Waals surface area contributed by atoms with Crippen molar-refractivity contribution in [2.45, 2.75) is 13.8 Å². The summed E-state index contributed by atoms with van der Waals surface area (Å²) in [7, 11) is 0. The molecule has 2 aromatic heterocycles. The number of nitrogens with one attached hydrogen (secondary N) is 1. The van der Waals surface area contributed by atoms with Crippen LogP contribution >= 0.6 is 0 Å². The minimum Gasteiger partial charge on any atom is -0.454 e. The molecular weight excluding hydrogens is 276 g/mol. The molecule has 1 aliphatic rings. The fourth-order valence-corrected chi connectivity index (χ4v) is 3.54. The zero-order valence-electron chi connectivity index (χ0n) is 12.4. The fourth-order valence-electron chi connectivity index (χ4n) is 3.54. The summed E-state index contributed by atoms with van der Waals surface area (Å²) in [6.45, 7) is 4.61. The topological polar surface area (TPSA) is 47.1 Å². The first kappa shape index (κ1) is 11.9. The van der Waals surface area contributed by atoms with Gasteiger partial charge < -0.3 is 14.5 Å². The average molecular weight is 290 g/mol. The van der Waals surface area contributed by atoms with Crippen molar-refractivity contribution in [1.29, 1.82) is 0 Å². The number of ether oxygens (including phenoxy) is 2. The Kier molecular flexibility index (Phi) is 2.11. The van der Waals surface area contributed by atoms with Gasteiger partial charge in [0, 0.05) is 34.6 Å². The maximum atomic E-state index is 5.53. The summed E-state index contributed by atoms with van der Waals surface area (Å²) in [5, 5.41) is 4.86. The smallest absolute Gasteiger partial charge is 0.231 e. The SMILES string of the molecule is Cc1c2ccncc2c(C)c2c1[nH]c1cc3c(cc12)OCO3. The molecule has 0 unspecified atom stereocenters. The number of fused-ring (bicyclic) bond motifs is 5. The largest absolute Gasteiger partial charge is 0.454 e. The van der Waals surface area contributed by atoms with Crippen LogP contribution in [-0.4, -0.2) is 16.8 Å². The van der Waals surface area contributed by atoms with Crippen LogP contribution < -0.4 is 9.47 Å². The van der Waals surface area contributed by atoms with Crippen molar-refractivity contribution in [1.82, 2.24) is 9.97 Å². The molecule has 5 rings (SSSR count). The van der Waals surface area contributed by atoms with E-state index in [4.69, 9.17) is 9.47 Å². The fraction of sp³-hybridized carbons (Fsp3) is 0.167. The van der Waals surface area contributed by atoms with Crippen molar-refractivity contribution in [3.8, 4) is 11.5 Å². The molecule has 4 nitrogen and oxygen atoms in total. The van der Waals surface area contributed by atoms with Crippen LogP contribution in [0, 0.1) is 13.8 Å². The predicted molar refractivity (Wildman–Crippen MR) is 86.7 cm³/mol. The Balaban J connectivity index is 2.04. The molecule has 0 saturated heterocycles. The quantitative estimate of drug-likeness (QED) is 0.527. The molecule has 3 heterocycles. The first-order valence-corrected chi connectivity index (χ1v) is 7.32. The van der Waals surface area contributed by atoms with E-state index in [1.807, 2.05) is 18.5 Å². The molecule has 0 amide bonds. The number of hydrogen-bond donors (Lipinski definition) is 1. The average Bonchev–Trinajstić information content (AvgIpc) is 3.14. The van der Waals surface area contributed by atoms with E-state index in [9.17, 15) is 0 Å². The van der Waals surface area contributed by atoms with Crippen molar-refractivity contribution < 1.29 is 9.47 Å². The standard InChI is InChI=1S/C18H14N2O2/c1-9-13-7-19-4-3-11(13)10(2)18-17(9)12-5-15-16(22-8-21-15)6-14(12)20-18/h3-7,20H,8H2,1-2H3. The van der Waals surface area contributed by atoms with Gasteiger partial charge in [-0.1, -0.05) is 0 Å². The highest BCUT2D eigenvalue weighted by atomic mass is 16.7. The van der Waals surface area contributed by atoms with E-state index >= 15 is 0 Å². The normalized spacial score (nSPS) is 13.5. The second-order valence-electron chi connectivity index (χ2n) is 5.80. The number of aryl methyl sites for hydroxylation is 2. The van der Waals surface area contributed by atoms with Crippen LogP contribution in [0.4, 0.5) is 0 Å². The van der Waals surface area contributed by atoms with Crippen LogP contribution in [0.5, 0.6) is 11.5 Å². The summed E-state index contributed by atoms with van der Waals surface area (Å²) in [5.41, 5.74) is 4.74. The van der Waals surface area contributed by atoms with Crippen molar-refractivity contribution in [2.75, 3.05) is 6.79 Å². The lowest BCUT2D eigenvalue weighted by Gasteiger charge is -2.08. The molecule has 2 aromatic carbocycles. The third kappa shape index (κ3) is 1.34. The Bertz CT molecular complexity index is 1080. The van der Waals surface area contributed by atoms with Crippen LogP contribution in [0.25, 0.3) is 32.6 Å². The first-order valence-electron chi connectivity index (χ1n) is 7.32. The van der Waals surface area contributed by atoms with Gasteiger partial charge in [-0.2, -0.15) is 0 Å². The van der Waals surface area contributed by atoms with E-state index in [1.54, 1.807) is 0 Å². The minimum absolute atomic E-state index is 0.296. The number of aromatic amines is 1. The van der Waals surface area contributed by atoms with Crippen LogP contribution in [0.1, 0.15) is 11.1 Å². The Labute approximate surface area is 126 Å². The van der Waals surface area contributed by atoms with Gasteiger partial charge in [0.25, 0.3) is 0 Å². The van der Waals surface area contributed by atoms with Crippen molar-refractivity contribution in [3.05, 3.63) is 41.7 Å². The third-order valence-electron chi connectivity index (χ3n) is 4.67. The zero-order chi connectivity index (χ0) is 14.8. The maximum Gasteiger partial charge on any atom is 0.231 e. The lowest BCUT2D eigenvalue weighted by atomic mass is 9.97. The summed E-state index contributed by atoms with van der Waals surface area (Å²) >= 11 is 0. The zero-order valence-corrected chi connectivity index (χ0v) is 12.4. The number of aromatic nitrogens is 2. The number of nitrogens with zero attached hydrogens (tertiary/aromatic N) is 1. The van der Waals surface area contributed by atoms with Crippen molar-refractivity contribution >= 4 is 32.6 Å². The number of rotatable bonds is 0.